The van der Waals surface area contributed by atoms with Gasteiger partial charge in [-0.15, -0.1) is 0 Å². The van der Waals surface area contributed by atoms with Crippen LogP contribution in [0.15, 0.2) is 30.3 Å². The highest BCUT2D eigenvalue weighted by atomic mass is 16.5. The maximum atomic E-state index is 11.9. The predicted octanol–water partition coefficient (Wildman–Crippen LogP) is 2.38. The fourth-order valence-corrected chi connectivity index (χ4v) is 2.41. The summed E-state index contributed by atoms with van der Waals surface area (Å²) in [6.45, 7) is 5.61. The second-order valence-corrected chi connectivity index (χ2v) is 5.71. The molecule has 1 aromatic rings. The first-order chi connectivity index (χ1) is 10.3. The minimum Gasteiger partial charge on any atom is -0.461 e. The van der Waals surface area contributed by atoms with Gasteiger partial charge in [-0.05, 0) is 30.9 Å². The van der Waals surface area contributed by atoms with E-state index in [-0.39, 0.29) is 11.9 Å². The van der Waals surface area contributed by atoms with Gasteiger partial charge in [-0.25, -0.2) is 0 Å². The average molecular weight is 291 g/mol. The second-order valence-electron chi connectivity index (χ2n) is 5.71. The molecule has 0 bridgehead atoms. The molecule has 0 amide bonds. The van der Waals surface area contributed by atoms with Crippen LogP contribution in [0.3, 0.4) is 0 Å². The smallest absolute Gasteiger partial charge is 0.310 e. The first kappa shape index (κ1) is 16.0. The highest BCUT2D eigenvalue weighted by molar-refractivity contribution is 5.72. The number of carbonyl (C=O) groups is 1. The Balaban J connectivity index is 1.60. The van der Waals surface area contributed by atoms with E-state index in [0.29, 0.717) is 19.1 Å². The molecule has 1 saturated heterocycles. The summed E-state index contributed by atoms with van der Waals surface area (Å²) in [6.07, 6.45) is 2.22. The zero-order valence-electron chi connectivity index (χ0n) is 12.7. The number of nitrogens with one attached hydrogen (secondary N) is 1. The van der Waals surface area contributed by atoms with Gasteiger partial charge in [-0.3, -0.25) is 4.79 Å². The van der Waals surface area contributed by atoms with E-state index in [1.54, 1.807) is 0 Å². The number of ether oxygens (including phenoxy) is 2. The van der Waals surface area contributed by atoms with Crippen LogP contribution in [0.25, 0.3) is 0 Å². The summed E-state index contributed by atoms with van der Waals surface area (Å²) in [5.41, 5.74) is 1.02. The summed E-state index contributed by atoms with van der Waals surface area (Å²) in [6, 6.07) is 9.76. The summed E-state index contributed by atoms with van der Waals surface area (Å²) in [5.74, 6) is 0.415. The first-order valence-corrected chi connectivity index (χ1v) is 7.74. The van der Waals surface area contributed by atoms with Crippen molar-refractivity contribution in [3.63, 3.8) is 0 Å². The van der Waals surface area contributed by atoms with Crippen LogP contribution in [0.5, 0.6) is 0 Å². The largest absolute Gasteiger partial charge is 0.461 e. The molecule has 1 N–H and O–H groups in total. The monoisotopic (exact) mass is 291 g/mol. The quantitative estimate of drug-likeness (QED) is 0.784. The van der Waals surface area contributed by atoms with Crippen LogP contribution in [0.1, 0.15) is 25.3 Å². The van der Waals surface area contributed by atoms with Crippen LogP contribution in [-0.4, -0.2) is 32.3 Å². The van der Waals surface area contributed by atoms with Crippen LogP contribution in [0, 0.1) is 11.8 Å². The van der Waals surface area contributed by atoms with E-state index >= 15 is 0 Å². The van der Waals surface area contributed by atoms with Crippen molar-refractivity contribution in [3.8, 4) is 0 Å². The van der Waals surface area contributed by atoms with Gasteiger partial charge in [-0.2, -0.15) is 0 Å². The van der Waals surface area contributed by atoms with E-state index in [9.17, 15) is 4.79 Å². The zero-order chi connectivity index (χ0) is 14.9. The molecule has 1 aliphatic heterocycles. The third kappa shape index (κ3) is 5.86. The number of benzene rings is 1. The summed E-state index contributed by atoms with van der Waals surface area (Å²) in [5, 5.41) is 3.38. The van der Waals surface area contributed by atoms with Crippen molar-refractivity contribution in [1.29, 1.82) is 0 Å². The van der Waals surface area contributed by atoms with Crippen LogP contribution in [0.2, 0.25) is 0 Å². The first-order valence-electron chi connectivity index (χ1n) is 7.74. The van der Waals surface area contributed by atoms with Gasteiger partial charge in [0.05, 0.1) is 5.92 Å². The molecule has 1 aromatic carbocycles. The van der Waals surface area contributed by atoms with Crippen molar-refractivity contribution in [1.82, 2.24) is 5.32 Å². The minimum atomic E-state index is -0.140. The fraction of sp³-hybridized carbons (Fsp3) is 0.588. The molecule has 2 rings (SSSR count). The maximum absolute atomic E-state index is 11.9. The van der Waals surface area contributed by atoms with Crippen molar-refractivity contribution in [2.24, 2.45) is 11.8 Å². The van der Waals surface area contributed by atoms with Crippen LogP contribution < -0.4 is 5.32 Å². The third-order valence-corrected chi connectivity index (χ3v) is 3.85. The van der Waals surface area contributed by atoms with Gasteiger partial charge in [-0.1, -0.05) is 37.3 Å². The number of rotatable bonds is 7. The Labute approximate surface area is 126 Å². The Bertz CT molecular complexity index is 415. The standard InChI is InChI=1S/C17H25NO3/c1-14(11-18-12-15-7-9-20-10-8-15)17(19)21-13-16-5-3-2-4-6-16/h2-6,14-15,18H,7-13H2,1H3. The summed E-state index contributed by atoms with van der Waals surface area (Å²) in [4.78, 5) is 11.9. The maximum Gasteiger partial charge on any atom is 0.310 e. The summed E-state index contributed by atoms with van der Waals surface area (Å²) >= 11 is 0. The van der Waals surface area contributed by atoms with E-state index in [1.165, 1.54) is 0 Å². The van der Waals surface area contributed by atoms with E-state index in [0.717, 1.165) is 38.2 Å². The van der Waals surface area contributed by atoms with Gasteiger partial charge < -0.3 is 14.8 Å². The van der Waals surface area contributed by atoms with Crippen molar-refractivity contribution >= 4 is 5.97 Å². The molecule has 1 aliphatic rings. The van der Waals surface area contributed by atoms with Gasteiger partial charge in [0.25, 0.3) is 0 Å². The number of hydrogen-bond acceptors (Lipinski definition) is 4. The molecule has 116 valence electrons. The SMILES string of the molecule is CC(CNCC1CCOCC1)C(=O)OCc1ccccc1. The van der Waals surface area contributed by atoms with Gasteiger partial charge >= 0.3 is 5.97 Å². The molecular formula is C17H25NO3. The molecule has 0 aliphatic carbocycles. The lowest BCUT2D eigenvalue weighted by Crippen LogP contribution is -2.33. The van der Waals surface area contributed by atoms with Crippen molar-refractivity contribution in [3.05, 3.63) is 35.9 Å². The molecule has 0 radical (unpaired) electrons. The molecule has 1 unspecified atom stereocenters. The molecule has 0 spiro atoms. The molecule has 0 aromatic heterocycles. The average Bonchev–Trinajstić information content (AvgIpc) is 2.54. The second kappa shape index (κ2) is 8.80. The Hall–Kier alpha value is -1.39. The van der Waals surface area contributed by atoms with E-state index in [1.807, 2.05) is 37.3 Å². The van der Waals surface area contributed by atoms with E-state index in [4.69, 9.17) is 9.47 Å². The van der Waals surface area contributed by atoms with Crippen LogP contribution >= 0.6 is 0 Å². The molecule has 4 nitrogen and oxygen atoms in total. The molecule has 0 saturated carbocycles. The van der Waals surface area contributed by atoms with Crippen molar-refractivity contribution < 1.29 is 14.3 Å². The topological polar surface area (TPSA) is 47.6 Å². The molecule has 4 heteroatoms. The van der Waals surface area contributed by atoms with Crippen LogP contribution in [-0.2, 0) is 20.9 Å². The highest BCUT2D eigenvalue weighted by Gasteiger charge is 2.17. The molecule has 21 heavy (non-hydrogen) atoms. The van der Waals surface area contributed by atoms with Gasteiger partial charge in [0, 0.05) is 19.8 Å². The summed E-state index contributed by atoms with van der Waals surface area (Å²) in [7, 11) is 0. The Kier molecular flexibility index (Phi) is 6.70. The van der Waals surface area contributed by atoms with Crippen molar-refractivity contribution in [2.45, 2.75) is 26.4 Å². The molecule has 1 heterocycles. The van der Waals surface area contributed by atoms with E-state index < -0.39 is 0 Å². The predicted molar refractivity (Wildman–Crippen MR) is 81.8 cm³/mol. The molecular weight excluding hydrogens is 266 g/mol. The van der Waals surface area contributed by atoms with Gasteiger partial charge in [0.15, 0.2) is 0 Å². The molecule has 1 fully saturated rings. The lowest BCUT2D eigenvalue weighted by atomic mass is 10.0. The lowest BCUT2D eigenvalue weighted by molar-refractivity contribution is -0.149. The van der Waals surface area contributed by atoms with Crippen molar-refractivity contribution in [2.75, 3.05) is 26.3 Å². The van der Waals surface area contributed by atoms with E-state index in [2.05, 4.69) is 5.32 Å². The molecule has 1 atom stereocenters. The van der Waals surface area contributed by atoms with Crippen LogP contribution in [0.4, 0.5) is 0 Å². The van der Waals surface area contributed by atoms with Gasteiger partial charge in [0.2, 0.25) is 0 Å². The lowest BCUT2D eigenvalue weighted by Gasteiger charge is -2.22. The minimum absolute atomic E-state index is 0.117. The third-order valence-electron chi connectivity index (χ3n) is 3.85. The number of esters is 1. The Morgan fingerprint density at radius 3 is 2.76 bits per heavy atom. The fourth-order valence-electron chi connectivity index (χ4n) is 2.41. The normalized spacial score (nSPS) is 17.4. The summed E-state index contributed by atoms with van der Waals surface area (Å²) < 4.78 is 10.7. The number of hydrogen-bond donors (Lipinski definition) is 1. The highest BCUT2D eigenvalue weighted by Crippen LogP contribution is 2.13. The Morgan fingerprint density at radius 1 is 1.33 bits per heavy atom. The number of carbonyl (C=O) groups excluding carboxylic acids is 1. The van der Waals surface area contributed by atoms with Gasteiger partial charge in [0.1, 0.15) is 6.61 Å². The Morgan fingerprint density at radius 2 is 2.05 bits per heavy atom. The zero-order valence-corrected chi connectivity index (χ0v) is 12.7.